The van der Waals surface area contributed by atoms with Gasteiger partial charge in [-0.15, -0.1) is 0 Å². The van der Waals surface area contributed by atoms with Crippen molar-refractivity contribution in [1.29, 1.82) is 0 Å². The Morgan fingerprint density at radius 2 is 1.62 bits per heavy atom. The first-order chi connectivity index (χ1) is 15.4. The zero-order chi connectivity index (χ0) is 22.1. The van der Waals surface area contributed by atoms with E-state index in [1.807, 2.05) is 26.0 Å². The number of aryl methyl sites for hydroxylation is 2. The number of ketones is 1. The number of benzene rings is 2. The highest BCUT2D eigenvalue weighted by Gasteiger charge is 2.67. The minimum atomic E-state index is -0.225. The Balaban J connectivity index is 1.20. The van der Waals surface area contributed by atoms with Crippen molar-refractivity contribution in [3.05, 3.63) is 71.3 Å². The van der Waals surface area contributed by atoms with Crippen LogP contribution in [-0.2, 0) is 9.59 Å². The molecule has 3 fully saturated rings. The van der Waals surface area contributed by atoms with Crippen LogP contribution in [0.3, 0.4) is 0 Å². The van der Waals surface area contributed by atoms with Crippen molar-refractivity contribution in [1.82, 2.24) is 0 Å². The smallest absolute Gasteiger partial charge is 0.238 e. The maximum Gasteiger partial charge on any atom is 0.238 e. The monoisotopic (exact) mass is 427 g/mol. The number of carbonyl (C=O) groups is 3. The highest BCUT2D eigenvalue weighted by Crippen LogP contribution is 2.65. The molecule has 0 spiro atoms. The van der Waals surface area contributed by atoms with E-state index in [-0.39, 0.29) is 47.9 Å². The van der Waals surface area contributed by atoms with Gasteiger partial charge < -0.3 is 4.74 Å². The summed E-state index contributed by atoms with van der Waals surface area (Å²) in [6.07, 6.45) is 5.49. The summed E-state index contributed by atoms with van der Waals surface area (Å²) in [5.74, 6) is 1.29. The first kappa shape index (κ1) is 19.5. The molecule has 2 saturated carbocycles. The summed E-state index contributed by atoms with van der Waals surface area (Å²) in [4.78, 5) is 40.5. The van der Waals surface area contributed by atoms with Crippen LogP contribution in [0, 0.1) is 49.4 Å². The van der Waals surface area contributed by atoms with Gasteiger partial charge in [-0.2, -0.15) is 0 Å². The fraction of sp³-hybridized carbons (Fsp3) is 0.370. The second-order valence-corrected chi connectivity index (χ2v) is 9.67. The SMILES string of the molecule is Cc1ccc(C(=O)COc2cccc(N3C(=O)[C@@H]4[C@H]5C=C[C@@H]([C@@H]6C[C@H]56)[C@H]4C3=O)c2)cc1C. The molecule has 162 valence electrons. The third-order valence-corrected chi connectivity index (χ3v) is 7.94. The lowest BCUT2D eigenvalue weighted by atomic mass is 9.63. The van der Waals surface area contributed by atoms with Gasteiger partial charge in [0.1, 0.15) is 5.75 Å². The molecule has 5 nitrogen and oxygen atoms in total. The Morgan fingerprint density at radius 3 is 2.28 bits per heavy atom. The van der Waals surface area contributed by atoms with Crippen LogP contribution in [0.15, 0.2) is 54.6 Å². The molecule has 0 unspecified atom stereocenters. The van der Waals surface area contributed by atoms with Crippen molar-refractivity contribution in [2.24, 2.45) is 35.5 Å². The molecule has 0 aromatic heterocycles. The number of anilines is 1. The standard InChI is InChI=1S/C27H25NO4/c1-14-6-7-16(10-15(14)2)23(29)13-32-18-5-3-4-17(11-18)28-26(30)24-19-8-9-20(22-12-21(19)22)25(24)27(28)31/h3-11,19-22,24-25H,12-13H2,1-2H3/t19-,20-,21-,22+,24+,25+/m0/s1. The minimum Gasteiger partial charge on any atom is -0.485 e. The number of nitrogens with zero attached hydrogens (tertiary/aromatic N) is 1. The lowest BCUT2D eigenvalue weighted by Crippen LogP contribution is -2.40. The van der Waals surface area contributed by atoms with E-state index >= 15 is 0 Å². The molecule has 2 aromatic rings. The Hall–Kier alpha value is -3.21. The average molecular weight is 428 g/mol. The summed E-state index contributed by atoms with van der Waals surface area (Å²) < 4.78 is 5.75. The van der Waals surface area contributed by atoms with Gasteiger partial charge in [-0.05, 0) is 73.3 Å². The first-order valence-corrected chi connectivity index (χ1v) is 11.3. The molecular formula is C27H25NO4. The van der Waals surface area contributed by atoms with Gasteiger partial charge in [-0.25, -0.2) is 4.90 Å². The van der Waals surface area contributed by atoms with Gasteiger partial charge in [0.25, 0.3) is 0 Å². The van der Waals surface area contributed by atoms with E-state index in [0.29, 0.717) is 28.8 Å². The Bertz CT molecular complexity index is 1160. The van der Waals surface area contributed by atoms with E-state index in [2.05, 4.69) is 12.2 Å². The fourth-order valence-corrected chi connectivity index (χ4v) is 6.07. The molecule has 1 aliphatic heterocycles. The average Bonchev–Trinajstić information content (AvgIpc) is 3.57. The van der Waals surface area contributed by atoms with Crippen molar-refractivity contribution in [3.8, 4) is 5.75 Å². The normalized spacial score (nSPS) is 31.5. The van der Waals surface area contributed by atoms with E-state index in [1.165, 1.54) is 4.90 Å². The molecule has 5 heteroatoms. The molecule has 2 aromatic carbocycles. The highest BCUT2D eigenvalue weighted by atomic mass is 16.5. The van der Waals surface area contributed by atoms with E-state index < -0.39 is 0 Å². The topological polar surface area (TPSA) is 63.7 Å². The number of hydrogen-bond donors (Lipinski definition) is 0. The molecule has 2 amide bonds. The lowest BCUT2D eigenvalue weighted by molar-refractivity contribution is -0.124. The summed E-state index contributed by atoms with van der Waals surface area (Å²) in [5.41, 5.74) is 3.33. The zero-order valence-corrected chi connectivity index (χ0v) is 18.2. The number of carbonyl (C=O) groups excluding carboxylic acids is 3. The summed E-state index contributed by atoms with van der Waals surface area (Å²) in [6, 6.07) is 12.6. The number of ether oxygens (including phenoxy) is 1. The zero-order valence-electron chi connectivity index (χ0n) is 18.2. The van der Waals surface area contributed by atoms with Crippen molar-refractivity contribution in [2.75, 3.05) is 11.5 Å². The van der Waals surface area contributed by atoms with Gasteiger partial charge in [-0.1, -0.05) is 30.4 Å². The van der Waals surface area contributed by atoms with Crippen LogP contribution >= 0.6 is 0 Å². The number of Topliss-reactive ketones (excluding diaryl/α,β-unsaturated/α-hetero) is 1. The minimum absolute atomic E-state index is 0.0898. The quantitative estimate of drug-likeness (QED) is 0.409. The number of imide groups is 1. The molecule has 7 rings (SSSR count). The summed E-state index contributed by atoms with van der Waals surface area (Å²) >= 11 is 0. The maximum atomic E-state index is 13.3. The van der Waals surface area contributed by atoms with Crippen LogP contribution in [0.2, 0.25) is 0 Å². The van der Waals surface area contributed by atoms with Crippen molar-refractivity contribution < 1.29 is 19.1 Å². The largest absolute Gasteiger partial charge is 0.485 e. The Kier molecular flexibility index (Phi) is 4.19. The van der Waals surface area contributed by atoms with Crippen LogP contribution in [0.5, 0.6) is 5.75 Å². The van der Waals surface area contributed by atoms with Gasteiger partial charge in [0.05, 0.1) is 17.5 Å². The van der Waals surface area contributed by atoms with Gasteiger partial charge in [0.15, 0.2) is 12.4 Å². The van der Waals surface area contributed by atoms with Crippen LogP contribution in [-0.4, -0.2) is 24.2 Å². The summed E-state index contributed by atoms with van der Waals surface area (Å²) in [6.45, 7) is 3.88. The lowest BCUT2D eigenvalue weighted by Gasteiger charge is -2.37. The second kappa shape index (κ2) is 6.89. The van der Waals surface area contributed by atoms with Crippen LogP contribution in [0.25, 0.3) is 0 Å². The molecule has 4 aliphatic carbocycles. The van der Waals surface area contributed by atoms with Gasteiger partial charge in [0, 0.05) is 11.6 Å². The van der Waals surface area contributed by atoms with E-state index in [0.717, 1.165) is 17.5 Å². The number of rotatable bonds is 5. The predicted molar refractivity (Wildman–Crippen MR) is 119 cm³/mol. The summed E-state index contributed by atoms with van der Waals surface area (Å²) in [7, 11) is 0. The predicted octanol–water partition coefficient (Wildman–Crippen LogP) is 4.12. The van der Waals surface area contributed by atoms with Crippen LogP contribution < -0.4 is 9.64 Å². The molecule has 5 aliphatic rings. The Morgan fingerprint density at radius 1 is 0.938 bits per heavy atom. The number of amides is 2. The van der Waals surface area contributed by atoms with Crippen molar-refractivity contribution >= 4 is 23.3 Å². The molecule has 1 saturated heterocycles. The number of hydrogen-bond acceptors (Lipinski definition) is 4. The van der Waals surface area contributed by atoms with E-state index in [1.54, 1.807) is 30.3 Å². The molecule has 1 heterocycles. The van der Waals surface area contributed by atoms with E-state index in [4.69, 9.17) is 4.74 Å². The van der Waals surface area contributed by atoms with E-state index in [9.17, 15) is 14.4 Å². The third kappa shape index (κ3) is 2.80. The summed E-state index contributed by atoms with van der Waals surface area (Å²) in [5, 5.41) is 0. The Labute approximate surface area is 187 Å². The van der Waals surface area contributed by atoms with Gasteiger partial charge in [-0.3, -0.25) is 14.4 Å². The number of allylic oxidation sites excluding steroid dienone is 2. The van der Waals surface area contributed by atoms with Crippen molar-refractivity contribution in [2.45, 2.75) is 20.3 Å². The molecule has 0 N–H and O–H groups in total. The molecule has 32 heavy (non-hydrogen) atoms. The highest BCUT2D eigenvalue weighted by molar-refractivity contribution is 6.22. The van der Waals surface area contributed by atoms with Gasteiger partial charge in [0.2, 0.25) is 11.8 Å². The van der Waals surface area contributed by atoms with Crippen molar-refractivity contribution in [3.63, 3.8) is 0 Å². The second-order valence-electron chi connectivity index (χ2n) is 9.67. The third-order valence-electron chi connectivity index (χ3n) is 7.94. The van der Waals surface area contributed by atoms with Crippen LogP contribution in [0.4, 0.5) is 5.69 Å². The molecule has 2 bridgehead atoms. The fourth-order valence-electron chi connectivity index (χ4n) is 6.07. The first-order valence-electron chi connectivity index (χ1n) is 11.3. The molecule has 0 radical (unpaired) electrons. The maximum absolute atomic E-state index is 13.3. The van der Waals surface area contributed by atoms with Gasteiger partial charge >= 0.3 is 0 Å². The molecule has 6 atom stereocenters. The molecular weight excluding hydrogens is 402 g/mol. The van der Waals surface area contributed by atoms with Crippen LogP contribution in [0.1, 0.15) is 27.9 Å².